The van der Waals surface area contributed by atoms with E-state index in [0.29, 0.717) is 25.3 Å². The van der Waals surface area contributed by atoms with Gasteiger partial charge >= 0.3 is 0 Å². The number of nitrogens with zero attached hydrogens (tertiary/aromatic N) is 1. The number of aromatic nitrogens is 1. The molecule has 1 aliphatic rings. The number of aryl methyl sites for hydroxylation is 2. The van der Waals surface area contributed by atoms with Gasteiger partial charge in [-0.05, 0) is 31.9 Å². The van der Waals surface area contributed by atoms with E-state index >= 15 is 0 Å². The van der Waals surface area contributed by atoms with Crippen molar-refractivity contribution in [1.82, 2.24) is 10.3 Å². The molecule has 5 nitrogen and oxygen atoms in total. The number of nitrogens with one attached hydrogen (secondary N) is 1. The summed E-state index contributed by atoms with van der Waals surface area (Å²) in [4.78, 5) is 16.3. The van der Waals surface area contributed by atoms with E-state index in [4.69, 9.17) is 4.74 Å². The Bertz CT molecular complexity index is 468. The molecule has 1 atom stereocenters. The van der Waals surface area contributed by atoms with Gasteiger partial charge in [-0.25, -0.2) is 0 Å². The van der Waals surface area contributed by atoms with Crippen LogP contribution in [-0.4, -0.2) is 42.4 Å². The summed E-state index contributed by atoms with van der Waals surface area (Å²) in [6, 6.07) is 1.78. The number of ether oxygens (including phenoxy) is 1. The second kappa shape index (κ2) is 5.67. The summed E-state index contributed by atoms with van der Waals surface area (Å²) in [6.07, 6.45) is 2.48. The first kappa shape index (κ1) is 14.0. The molecule has 0 saturated carbocycles. The Kier molecular flexibility index (Phi) is 4.17. The van der Waals surface area contributed by atoms with Crippen molar-refractivity contribution in [3.63, 3.8) is 0 Å². The van der Waals surface area contributed by atoms with Gasteiger partial charge in [0.25, 0.3) is 5.91 Å². The third-order valence-electron chi connectivity index (χ3n) is 3.63. The standard InChI is InChI=1S/C14H20N2O3/c1-10-6-15-11(2)5-12(10)13(18)16-7-14(8-17)3-4-19-9-14/h5-6,17H,3-4,7-9H2,1-2H3,(H,16,18). The monoisotopic (exact) mass is 264 g/mol. The topological polar surface area (TPSA) is 71.5 Å². The molecule has 1 saturated heterocycles. The number of carbonyl (C=O) groups excluding carboxylic acids is 1. The maximum Gasteiger partial charge on any atom is 0.251 e. The quantitative estimate of drug-likeness (QED) is 0.845. The van der Waals surface area contributed by atoms with E-state index in [1.54, 1.807) is 12.3 Å². The van der Waals surface area contributed by atoms with Crippen molar-refractivity contribution in [3.05, 3.63) is 29.1 Å². The summed E-state index contributed by atoms with van der Waals surface area (Å²) < 4.78 is 5.31. The average molecular weight is 264 g/mol. The van der Waals surface area contributed by atoms with Crippen LogP contribution in [0.1, 0.15) is 28.0 Å². The Morgan fingerprint density at radius 3 is 3.00 bits per heavy atom. The minimum Gasteiger partial charge on any atom is -0.396 e. The summed E-state index contributed by atoms with van der Waals surface area (Å²) in [5.74, 6) is -0.122. The molecule has 1 aromatic rings. The lowest BCUT2D eigenvalue weighted by Gasteiger charge is -2.25. The maximum absolute atomic E-state index is 12.2. The minimum atomic E-state index is -0.328. The summed E-state index contributed by atoms with van der Waals surface area (Å²) in [5.41, 5.74) is 1.98. The van der Waals surface area contributed by atoms with E-state index in [0.717, 1.165) is 17.7 Å². The van der Waals surface area contributed by atoms with E-state index in [1.807, 2.05) is 13.8 Å². The molecule has 19 heavy (non-hydrogen) atoms. The van der Waals surface area contributed by atoms with Crippen LogP contribution in [0.2, 0.25) is 0 Å². The predicted octanol–water partition coefficient (Wildman–Crippen LogP) is 0.827. The Hall–Kier alpha value is -1.46. The van der Waals surface area contributed by atoms with Crippen LogP contribution in [0.15, 0.2) is 12.3 Å². The van der Waals surface area contributed by atoms with Gasteiger partial charge in [0.15, 0.2) is 0 Å². The number of carbonyl (C=O) groups is 1. The fourth-order valence-electron chi connectivity index (χ4n) is 2.21. The van der Waals surface area contributed by atoms with Crippen LogP contribution in [0.4, 0.5) is 0 Å². The lowest BCUT2D eigenvalue weighted by Crippen LogP contribution is -2.40. The lowest BCUT2D eigenvalue weighted by molar-refractivity contribution is 0.0797. The van der Waals surface area contributed by atoms with Crippen molar-refractivity contribution in [1.29, 1.82) is 0 Å². The number of rotatable bonds is 4. The SMILES string of the molecule is Cc1cc(C(=O)NCC2(CO)CCOC2)c(C)cn1. The zero-order valence-corrected chi connectivity index (χ0v) is 11.4. The number of aliphatic hydroxyl groups excluding tert-OH is 1. The molecule has 2 heterocycles. The Morgan fingerprint density at radius 1 is 1.58 bits per heavy atom. The van der Waals surface area contributed by atoms with E-state index in [2.05, 4.69) is 10.3 Å². The van der Waals surface area contributed by atoms with E-state index < -0.39 is 0 Å². The molecule has 1 aliphatic heterocycles. The molecule has 1 fully saturated rings. The van der Waals surface area contributed by atoms with Crippen LogP contribution >= 0.6 is 0 Å². The Morgan fingerprint density at radius 2 is 2.37 bits per heavy atom. The number of aliphatic hydroxyl groups is 1. The van der Waals surface area contributed by atoms with Crippen molar-refractivity contribution in [2.24, 2.45) is 5.41 Å². The Balaban J connectivity index is 2.03. The third-order valence-corrected chi connectivity index (χ3v) is 3.63. The van der Waals surface area contributed by atoms with Gasteiger partial charge in [0.1, 0.15) is 0 Å². The van der Waals surface area contributed by atoms with Crippen molar-refractivity contribution >= 4 is 5.91 Å². The molecule has 2 rings (SSSR count). The van der Waals surface area contributed by atoms with Gasteiger partial charge in [0.2, 0.25) is 0 Å². The molecule has 0 radical (unpaired) electrons. The lowest BCUT2D eigenvalue weighted by atomic mass is 9.88. The normalized spacial score (nSPS) is 22.5. The van der Waals surface area contributed by atoms with Crippen LogP contribution in [-0.2, 0) is 4.74 Å². The fraction of sp³-hybridized carbons (Fsp3) is 0.571. The molecule has 1 amide bonds. The molecule has 5 heteroatoms. The Labute approximate surface area is 113 Å². The molecule has 0 bridgehead atoms. The molecule has 0 aromatic carbocycles. The predicted molar refractivity (Wildman–Crippen MR) is 71.0 cm³/mol. The molecular formula is C14H20N2O3. The summed E-state index contributed by atoms with van der Waals surface area (Å²) in [5, 5.41) is 12.4. The number of hydrogen-bond donors (Lipinski definition) is 2. The number of amides is 1. The van der Waals surface area contributed by atoms with Crippen molar-refractivity contribution in [2.75, 3.05) is 26.4 Å². The van der Waals surface area contributed by atoms with E-state index in [-0.39, 0.29) is 17.9 Å². The van der Waals surface area contributed by atoms with Crippen LogP contribution in [0.25, 0.3) is 0 Å². The smallest absolute Gasteiger partial charge is 0.251 e. The van der Waals surface area contributed by atoms with Gasteiger partial charge in [0, 0.05) is 36.0 Å². The molecule has 0 spiro atoms. The van der Waals surface area contributed by atoms with Gasteiger partial charge in [-0.1, -0.05) is 0 Å². The molecular weight excluding hydrogens is 244 g/mol. The van der Waals surface area contributed by atoms with Crippen molar-refractivity contribution in [2.45, 2.75) is 20.3 Å². The molecule has 104 valence electrons. The van der Waals surface area contributed by atoms with E-state index in [9.17, 15) is 9.90 Å². The summed E-state index contributed by atoms with van der Waals surface area (Å²) >= 11 is 0. The molecule has 2 N–H and O–H groups in total. The van der Waals surface area contributed by atoms with Gasteiger partial charge in [-0.3, -0.25) is 9.78 Å². The zero-order chi connectivity index (χ0) is 13.9. The highest BCUT2D eigenvalue weighted by Gasteiger charge is 2.34. The highest BCUT2D eigenvalue weighted by atomic mass is 16.5. The largest absolute Gasteiger partial charge is 0.396 e. The minimum absolute atomic E-state index is 0.0294. The fourth-order valence-corrected chi connectivity index (χ4v) is 2.21. The average Bonchev–Trinajstić information content (AvgIpc) is 2.88. The molecule has 1 unspecified atom stereocenters. The number of hydrogen-bond acceptors (Lipinski definition) is 4. The highest BCUT2D eigenvalue weighted by Crippen LogP contribution is 2.27. The van der Waals surface area contributed by atoms with Gasteiger partial charge in [0.05, 0.1) is 13.2 Å². The van der Waals surface area contributed by atoms with Gasteiger partial charge in [-0.15, -0.1) is 0 Å². The molecule has 0 aliphatic carbocycles. The number of pyridine rings is 1. The maximum atomic E-state index is 12.2. The second-order valence-electron chi connectivity index (χ2n) is 5.28. The van der Waals surface area contributed by atoms with Crippen molar-refractivity contribution in [3.8, 4) is 0 Å². The van der Waals surface area contributed by atoms with Gasteiger partial charge in [-0.2, -0.15) is 0 Å². The van der Waals surface area contributed by atoms with Crippen LogP contribution in [0.3, 0.4) is 0 Å². The van der Waals surface area contributed by atoms with E-state index in [1.165, 1.54) is 0 Å². The van der Waals surface area contributed by atoms with Crippen LogP contribution in [0, 0.1) is 19.3 Å². The first-order valence-corrected chi connectivity index (χ1v) is 6.46. The summed E-state index contributed by atoms with van der Waals surface area (Å²) in [6.45, 7) is 5.32. The first-order valence-electron chi connectivity index (χ1n) is 6.46. The van der Waals surface area contributed by atoms with Crippen LogP contribution < -0.4 is 5.32 Å². The molecule has 1 aromatic heterocycles. The zero-order valence-electron chi connectivity index (χ0n) is 11.4. The summed E-state index contributed by atoms with van der Waals surface area (Å²) in [7, 11) is 0. The van der Waals surface area contributed by atoms with Crippen LogP contribution in [0.5, 0.6) is 0 Å². The van der Waals surface area contributed by atoms with Crippen molar-refractivity contribution < 1.29 is 14.6 Å². The van der Waals surface area contributed by atoms with Gasteiger partial charge < -0.3 is 15.2 Å². The second-order valence-corrected chi connectivity index (χ2v) is 5.28. The highest BCUT2D eigenvalue weighted by molar-refractivity contribution is 5.95. The third kappa shape index (κ3) is 3.11. The first-order chi connectivity index (χ1) is 9.06.